The van der Waals surface area contributed by atoms with Crippen molar-refractivity contribution in [3.05, 3.63) is 45.9 Å². The number of aryl methyl sites for hydroxylation is 1. The molecule has 2 N–H and O–H groups in total. The van der Waals surface area contributed by atoms with Gasteiger partial charge >= 0.3 is 6.09 Å². The second-order valence-electron chi connectivity index (χ2n) is 6.27. The van der Waals surface area contributed by atoms with Crippen molar-refractivity contribution >= 4 is 23.1 Å². The van der Waals surface area contributed by atoms with Gasteiger partial charge < -0.3 is 15.4 Å². The van der Waals surface area contributed by atoms with Crippen LogP contribution in [0.5, 0.6) is 0 Å². The first-order chi connectivity index (χ1) is 10.8. The van der Waals surface area contributed by atoms with Crippen LogP contribution in [-0.2, 0) is 17.8 Å². The number of nitrogens with zero attached hydrogens (tertiary/aromatic N) is 1. The van der Waals surface area contributed by atoms with Gasteiger partial charge in [0.25, 0.3) is 0 Å². The lowest BCUT2D eigenvalue weighted by atomic mass is 10.2. The molecule has 0 atom stereocenters. The van der Waals surface area contributed by atoms with Gasteiger partial charge in [-0.3, -0.25) is 0 Å². The van der Waals surface area contributed by atoms with Crippen molar-refractivity contribution in [1.29, 1.82) is 0 Å². The Balaban J connectivity index is 1.85. The first kappa shape index (κ1) is 17.3. The van der Waals surface area contributed by atoms with Gasteiger partial charge in [-0.25, -0.2) is 9.78 Å². The SMILES string of the molecule is Cc1nc(CNc2cccc(CNC(=O)OC(C)(C)C)c2)cs1. The number of carbonyl (C=O) groups is 1. The van der Waals surface area contributed by atoms with Crippen molar-refractivity contribution in [2.75, 3.05) is 5.32 Å². The molecule has 6 heteroatoms. The second-order valence-corrected chi connectivity index (χ2v) is 7.33. The zero-order chi connectivity index (χ0) is 16.9. The van der Waals surface area contributed by atoms with Gasteiger partial charge in [-0.05, 0) is 45.4 Å². The van der Waals surface area contributed by atoms with Crippen molar-refractivity contribution in [3.8, 4) is 0 Å². The molecule has 2 aromatic rings. The van der Waals surface area contributed by atoms with Crippen LogP contribution >= 0.6 is 11.3 Å². The van der Waals surface area contributed by atoms with Crippen molar-refractivity contribution in [2.24, 2.45) is 0 Å². The lowest BCUT2D eigenvalue weighted by molar-refractivity contribution is 0.0523. The minimum absolute atomic E-state index is 0.409. The van der Waals surface area contributed by atoms with E-state index in [0.29, 0.717) is 13.1 Å². The molecule has 1 aromatic carbocycles. The Morgan fingerprint density at radius 2 is 2.09 bits per heavy atom. The lowest BCUT2D eigenvalue weighted by Crippen LogP contribution is -2.32. The van der Waals surface area contributed by atoms with E-state index in [4.69, 9.17) is 4.74 Å². The zero-order valence-electron chi connectivity index (χ0n) is 14.0. The molecule has 124 valence electrons. The molecule has 0 aliphatic carbocycles. The van der Waals surface area contributed by atoms with Gasteiger partial charge in [0.05, 0.1) is 17.2 Å². The molecule has 0 unspecified atom stereocenters. The number of thiazole rings is 1. The summed E-state index contributed by atoms with van der Waals surface area (Å²) in [5.41, 5.74) is 2.55. The number of carbonyl (C=O) groups excluding carboxylic acids is 1. The molecule has 1 amide bonds. The van der Waals surface area contributed by atoms with Crippen LogP contribution in [-0.4, -0.2) is 16.7 Å². The van der Waals surface area contributed by atoms with E-state index >= 15 is 0 Å². The van der Waals surface area contributed by atoms with Gasteiger partial charge in [0.15, 0.2) is 0 Å². The molecule has 0 aliphatic rings. The van der Waals surface area contributed by atoms with E-state index in [2.05, 4.69) is 21.0 Å². The van der Waals surface area contributed by atoms with Crippen molar-refractivity contribution in [2.45, 2.75) is 46.4 Å². The molecule has 23 heavy (non-hydrogen) atoms. The molecule has 5 nitrogen and oxygen atoms in total. The molecular formula is C17H23N3O2S. The standard InChI is InChI=1S/C17H23N3O2S/c1-12-20-15(11-23-12)10-18-14-7-5-6-13(8-14)9-19-16(21)22-17(2,3)4/h5-8,11,18H,9-10H2,1-4H3,(H,19,21). The van der Waals surface area contributed by atoms with E-state index in [1.807, 2.05) is 52.0 Å². The van der Waals surface area contributed by atoms with Crippen LogP contribution in [0.2, 0.25) is 0 Å². The summed E-state index contributed by atoms with van der Waals surface area (Å²) in [6, 6.07) is 7.93. The minimum Gasteiger partial charge on any atom is -0.444 e. The third-order valence-electron chi connectivity index (χ3n) is 2.90. The maximum absolute atomic E-state index is 11.7. The van der Waals surface area contributed by atoms with Gasteiger partial charge in [-0.2, -0.15) is 0 Å². The molecular weight excluding hydrogens is 310 g/mol. The second kappa shape index (κ2) is 7.46. The summed E-state index contributed by atoms with van der Waals surface area (Å²) < 4.78 is 5.22. The number of aromatic nitrogens is 1. The molecule has 0 spiro atoms. The number of alkyl carbamates (subject to hydrolysis) is 1. The summed E-state index contributed by atoms with van der Waals surface area (Å²) in [6.07, 6.45) is -0.409. The summed E-state index contributed by atoms with van der Waals surface area (Å²) in [6.45, 7) is 8.65. The van der Waals surface area contributed by atoms with E-state index < -0.39 is 11.7 Å². The third-order valence-corrected chi connectivity index (χ3v) is 3.73. The fourth-order valence-electron chi connectivity index (χ4n) is 1.96. The summed E-state index contributed by atoms with van der Waals surface area (Å²) in [4.78, 5) is 16.1. The largest absolute Gasteiger partial charge is 0.444 e. The molecule has 1 aromatic heterocycles. The first-order valence-electron chi connectivity index (χ1n) is 7.52. The monoisotopic (exact) mass is 333 g/mol. The summed E-state index contributed by atoms with van der Waals surface area (Å²) in [5.74, 6) is 0. The van der Waals surface area contributed by atoms with E-state index in [-0.39, 0.29) is 0 Å². The number of hydrogen-bond donors (Lipinski definition) is 2. The van der Waals surface area contributed by atoms with Crippen molar-refractivity contribution < 1.29 is 9.53 Å². The predicted molar refractivity (Wildman–Crippen MR) is 93.7 cm³/mol. The van der Waals surface area contributed by atoms with E-state index in [9.17, 15) is 4.79 Å². The van der Waals surface area contributed by atoms with Crippen LogP contribution < -0.4 is 10.6 Å². The highest BCUT2D eigenvalue weighted by atomic mass is 32.1. The molecule has 0 saturated heterocycles. The number of ether oxygens (including phenoxy) is 1. The normalized spacial score (nSPS) is 11.1. The Kier molecular flexibility index (Phi) is 5.60. The highest BCUT2D eigenvalue weighted by molar-refractivity contribution is 7.09. The highest BCUT2D eigenvalue weighted by Crippen LogP contribution is 2.14. The van der Waals surface area contributed by atoms with Crippen LogP contribution in [0.4, 0.5) is 10.5 Å². The Labute approximate surface area is 141 Å². The maximum atomic E-state index is 11.7. The number of anilines is 1. The molecule has 0 fully saturated rings. The number of rotatable bonds is 5. The molecule has 0 saturated carbocycles. The van der Waals surface area contributed by atoms with E-state index in [0.717, 1.165) is 22.0 Å². The molecule has 2 rings (SSSR count). The smallest absolute Gasteiger partial charge is 0.407 e. The number of amides is 1. The molecule has 0 radical (unpaired) electrons. The van der Waals surface area contributed by atoms with Gasteiger partial charge in [-0.15, -0.1) is 11.3 Å². The average Bonchev–Trinajstić information content (AvgIpc) is 2.87. The van der Waals surface area contributed by atoms with Crippen molar-refractivity contribution in [3.63, 3.8) is 0 Å². The number of benzene rings is 1. The summed E-state index contributed by atoms with van der Waals surface area (Å²) in [7, 11) is 0. The fourth-order valence-corrected chi connectivity index (χ4v) is 2.57. The Morgan fingerprint density at radius 1 is 1.30 bits per heavy atom. The van der Waals surface area contributed by atoms with Crippen LogP contribution in [0.15, 0.2) is 29.6 Å². The van der Waals surface area contributed by atoms with Crippen LogP contribution in [0.3, 0.4) is 0 Å². The topological polar surface area (TPSA) is 63.2 Å². The van der Waals surface area contributed by atoms with E-state index in [1.165, 1.54) is 0 Å². The van der Waals surface area contributed by atoms with Crippen LogP contribution in [0.1, 0.15) is 37.0 Å². The quantitative estimate of drug-likeness (QED) is 0.865. The molecule has 0 bridgehead atoms. The van der Waals surface area contributed by atoms with Crippen LogP contribution in [0, 0.1) is 6.92 Å². The van der Waals surface area contributed by atoms with Crippen LogP contribution in [0.25, 0.3) is 0 Å². The maximum Gasteiger partial charge on any atom is 0.407 e. The van der Waals surface area contributed by atoms with E-state index in [1.54, 1.807) is 11.3 Å². The van der Waals surface area contributed by atoms with Gasteiger partial charge in [0.2, 0.25) is 0 Å². The fraction of sp³-hybridized carbons (Fsp3) is 0.412. The van der Waals surface area contributed by atoms with Gasteiger partial charge in [0, 0.05) is 17.6 Å². The lowest BCUT2D eigenvalue weighted by Gasteiger charge is -2.19. The van der Waals surface area contributed by atoms with Gasteiger partial charge in [-0.1, -0.05) is 12.1 Å². The molecule has 1 heterocycles. The number of hydrogen-bond acceptors (Lipinski definition) is 5. The van der Waals surface area contributed by atoms with Gasteiger partial charge in [0.1, 0.15) is 5.60 Å². The Bertz CT molecular complexity index is 662. The third kappa shape index (κ3) is 6.28. The average molecular weight is 333 g/mol. The Hall–Kier alpha value is -2.08. The van der Waals surface area contributed by atoms with Crippen molar-refractivity contribution in [1.82, 2.24) is 10.3 Å². The molecule has 0 aliphatic heterocycles. The predicted octanol–water partition coefficient (Wildman–Crippen LogP) is 4.09. The Morgan fingerprint density at radius 3 is 2.74 bits per heavy atom. The number of nitrogens with one attached hydrogen (secondary N) is 2. The highest BCUT2D eigenvalue weighted by Gasteiger charge is 2.15. The summed E-state index contributed by atoms with van der Waals surface area (Å²) in [5, 5.41) is 9.22. The zero-order valence-corrected chi connectivity index (χ0v) is 14.8. The first-order valence-corrected chi connectivity index (χ1v) is 8.40. The minimum atomic E-state index is -0.487. The summed E-state index contributed by atoms with van der Waals surface area (Å²) >= 11 is 1.65.